The summed E-state index contributed by atoms with van der Waals surface area (Å²) in [5, 5.41) is 14.0. The lowest BCUT2D eigenvalue weighted by Crippen LogP contribution is -2.34. The minimum atomic E-state index is -4.03. The van der Waals surface area contributed by atoms with Gasteiger partial charge in [0.15, 0.2) is 19.7 Å². The maximum atomic E-state index is 13.3. The molecular weight excluding hydrogens is 608 g/mol. The van der Waals surface area contributed by atoms with Gasteiger partial charge >= 0.3 is 0 Å². The molecular formula is C28H31ClN2O7S3. The number of halogens is 1. The summed E-state index contributed by atoms with van der Waals surface area (Å²) in [5.41, 5.74) is 0.0203. The molecule has 0 aliphatic carbocycles. The summed E-state index contributed by atoms with van der Waals surface area (Å²) < 4.78 is 49.8. The van der Waals surface area contributed by atoms with Crippen LogP contribution in [-0.2, 0) is 24.5 Å². The standard InChI is InChI=1S/C28H31ClN2O7S3/c1-5-26(41(37,38)21-12-8-19(9-13-21)39-16-17(2)3)28(34)30-23-15-25(32)24(14-22(23)29)31-27(33)18-6-10-20(11-7-18)40(4,35)36/h6-15,17,26,32H,5,16H2,1-4H3,(H,30,34)(H,31,33). The molecule has 1 atom stereocenters. The quantitative estimate of drug-likeness (QED) is 0.181. The van der Waals surface area contributed by atoms with E-state index in [1.165, 1.54) is 42.5 Å². The van der Waals surface area contributed by atoms with Crippen LogP contribution < -0.4 is 10.6 Å². The Balaban J connectivity index is 1.75. The molecule has 0 saturated heterocycles. The van der Waals surface area contributed by atoms with Crippen molar-refractivity contribution in [1.82, 2.24) is 0 Å². The first-order chi connectivity index (χ1) is 19.1. The lowest BCUT2D eigenvalue weighted by Gasteiger charge is -2.18. The molecule has 0 bridgehead atoms. The number of amides is 2. The number of carbonyl (C=O) groups is 2. The third-order valence-corrected chi connectivity index (χ3v) is 11.0. The van der Waals surface area contributed by atoms with Gasteiger partial charge < -0.3 is 15.7 Å². The van der Waals surface area contributed by atoms with E-state index < -0.39 is 42.5 Å². The van der Waals surface area contributed by atoms with Gasteiger partial charge in [0.25, 0.3) is 5.91 Å². The number of phenolic OH excluding ortho intramolecular Hbond substituents is 1. The Kier molecular flexibility index (Phi) is 10.5. The van der Waals surface area contributed by atoms with Gasteiger partial charge in [0, 0.05) is 28.5 Å². The van der Waals surface area contributed by atoms with E-state index >= 15 is 0 Å². The summed E-state index contributed by atoms with van der Waals surface area (Å²) in [4.78, 5) is 26.7. The first-order valence-corrected chi connectivity index (χ1v) is 17.3. The van der Waals surface area contributed by atoms with Crippen molar-refractivity contribution in [1.29, 1.82) is 0 Å². The van der Waals surface area contributed by atoms with Gasteiger partial charge in [-0.2, -0.15) is 0 Å². The predicted molar refractivity (Wildman–Crippen MR) is 163 cm³/mol. The number of anilines is 2. The van der Waals surface area contributed by atoms with Crippen molar-refractivity contribution in [3.63, 3.8) is 0 Å². The number of hydrogen-bond acceptors (Lipinski definition) is 8. The maximum Gasteiger partial charge on any atom is 0.255 e. The van der Waals surface area contributed by atoms with Gasteiger partial charge in [0.05, 0.1) is 26.2 Å². The molecule has 2 amide bonds. The second-order valence-electron chi connectivity index (χ2n) is 9.71. The Morgan fingerprint density at radius 3 is 2.02 bits per heavy atom. The van der Waals surface area contributed by atoms with Crippen molar-refractivity contribution in [2.75, 3.05) is 22.6 Å². The second-order valence-corrected chi connectivity index (χ2v) is 15.4. The Labute approximate surface area is 249 Å². The highest BCUT2D eigenvalue weighted by Gasteiger charge is 2.33. The van der Waals surface area contributed by atoms with Crippen LogP contribution in [0.4, 0.5) is 11.4 Å². The number of hydrogen-bond donors (Lipinski definition) is 3. The molecule has 3 aromatic rings. The average molecular weight is 639 g/mol. The summed E-state index contributed by atoms with van der Waals surface area (Å²) in [6.07, 6.45) is 1.04. The number of carbonyl (C=O) groups excluding carboxylic acids is 2. The van der Waals surface area contributed by atoms with E-state index in [-0.39, 0.29) is 38.2 Å². The molecule has 0 saturated carbocycles. The lowest BCUT2D eigenvalue weighted by molar-refractivity contribution is -0.115. The van der Waals surface area contributed by atoms with E-state index in [0.29, 0.717) is 5.92 Å². The summed E-state index contributed by atoms with van der Waals surface area (Å²) in [5.74, 6) is -0.528. The van der Waals surface area contributed by atoms with Crippen LogP contribution in [0.2, 0.25) is 5.02 Å². The highest BCUT2D eigenvalue weighted by Crippen LogP contribution is 2.35. The molecule has 0 heterocycles. The molecule has 0 aromatic heterocycles. The SMILES string of the molecule is CCC(C(=O)Nc1cc(O)c(NC(=O)c2ccc(S(C)(=O)=O)cc2)cc1Cl)S(=O)(=O)c1ccc(SCC(C)C)cc1. The van der Waals surface area contributed by atoms with E-state index in [1.54, 1.807) is 30.8 Å². The third kappa shape index (κ3) is 8.25. The van der Waals surface area contributed by atoms with Gasteiger partial charge in [0.1, 0.15) is 11.0 Å². The van der Waals surface area contributed by atoms with Crippen molar-refractivity contribution in [3.05, 3.63) is 71.2 Å². The number of rotatable bonds is 11. The topological polar surface area (TPSA) is 147 Å². The van der Waals surface area contributed by atoms with E-state index in [2.05, 4.69) is 24.5 Å². The normalized spacial score (nSPS) is 12.6. The number of aromatic hydroxyl groups is 1. The monoisotopic (exact) mass is 638 g/mol. The van der Waals surface area contributed by atoms with Crippen LogP contribution in [0.5, 0.6) is 5.75 Å². The molecule has 13 heteroatoms. The second kappa shape index (κ2) is 13.3. The molecule has 3 rings (SSSR count). The van der Waals surface area contributed by atoms with Gasteiger partial charge in [-0.3, -0.25) is 9.59 Å². The summed E-state index contributed by atoms with van der Waals surface area (Å²) in [6, 6.07) is 13.9. The van der Waals surface area contributed by atoms with E-state index in [4.69, 9.17) is 11.6 Å². The fraction of sp³-hybridized carbons (Fsp3) is 0.286. The molecule has 9 nitrogen and oxygen atoms in total. The molecule has 1 unspecified atom stereocenters. The van der Waals surface area contributed by atoms with Crippen LogP contribution in [0.1, 0.15) is 37.6 Å². The zero-order valence-corrected chi connectivity index (χ0v) is 26.0. The summed E-state index contributed by atoms with van der Waals surface area (Å²) in [7, 11) is -7.46. The van der Waals surface area contributed by atoms with Crippen LogP contribution in [-0.4, -0.2) is 51.0 Å². The highest BCUT2D eigenvalue weighted by molar-refractivity contribution is 7.99. The van der Waals surface area contributed by atoms with Gasteiger partial charge in [0.2, 0.25) is 5.91 Å². The van der Waals surface area contributed by atoms with Crippen molar-refractivity contribution in [2.24, 2.45) is 5.92 Å². The van der Waals surface area contributed by atoms with Gasteiger partial charge in [-0.15, -0.1) is 11.8 Å². The zero-order chi connectivity index (χ0) is 30.5. The minimum Gasteiger partial charge on any atom is -0.506 e. The highest BCUT2D eigenvalue weighted by atomic mass is 35.5. The maximum absolute atomic E-state index is 13.3. The number of benzene rings is 3. The van der Waals surface area contributed by atoms with Crippen molar-refractivity contribution >= 4 is 66.2 Å². The van der Waals surface area contributed by atoms with Crippen LogP contribution in [0.25, 0.3) is 0 Å². The Hall–Kier alpha value is -3.06. The number of nitrogens with one attached hydrogen (secondary N) is 2. The number of phenols is 1. The van der Waals surface area contributed by atoms with Crippen LogP contribution >= 0.6 is 23.4 Å². The van der Waals surface area contributed by atoms with E-state index in [9.17, 15) is 31.5 Å². The molecule has 3 aromatic carbocycles. The molecule has 220 valence electrons. The fourth-order valence-electron chi connectivity index (χ4n) is 3.72. The Bertz CT molecular complexity index is 1640. The third-order valence-electron chi connectivity index (χ3n) is 5.91. The lowest BCUT2D eigenvalue weighted by atomic mass is 10.2. The largest absolute Gasteiger partial charge is 0.506 e. The van der Waals surface area contributed by atoms with Crippen molar-refractivity contribution in [3.8, 4) is 5.75 Å². The van der Waals surface area contributed by atoms with Crippen LogP contribution in [0.3, 0.4) is 0 Å². The fourth-order valence-corrected chi connectivity index (χ4v) is 7.04. The summed E-state index contributed by atoms with van der Waals surface area (Å²) >= 11 is 7.92. The van der Waals surface area contributed by atoms with Crippen molar-refractivity contribution in [2.45, 2.75) is 47.1 Å². The Morgan fingerprint density at radius 2 is 1.49 bits per heavy atom. The molecule has 0 spiro atoms. The van der Waals surface area contributed by atoms with Gasteiger partial charge in [-0.25, -0.2) is 16.8 Å². The molecule has 0 aliphatic heterocycles. The average Bonchev–Trinajstić information content (AvgIpc) is 2.90. The smallest absolute Gasteiger partial charge is 0.255 e. The Morgan fingerprint density at radius 1 is 0.902 bits per heavy atom. The predicted octanol–water partition coefficient (Wildman–Crippen LogP) is 5.64. The first-order valence-electron chi connectivity index (χ1n) is 12.5. The van der Waals surface area contributed by atoms with Gasteiger partial charge in [-0.1, -0.05) is 32.4 Å². The molecule has 0 radical (unpaired) electrons. The van der Waals surface area contributed by atoms with E-state index in [1.807, 2.05) is 0 Å². The molecule has 0 fully saturated rings. The molecule has 41 heavy (non-hydrogen) atoms. The minimum absolute atomic E-state index is 0.00607. The molecule has 3 N–H and O–H groups in total. The first kappa shape index (κ1) is 32.5. The number of thioether (sulfide) groups is 1. The van der Waals surface area contributed by atoms with Crippen molar-refractivity contribution < 1.29 is 31.5 Å². The van der Waals surface area contributed by atoms with E-state index in [0.717, 1.165) is 23.0 Å². The zero-order valence-electron chi connectivity index (χ0n) is 22.8. The summed E-state index contributed by atoms with van der Waals surface area (Å²) in [6.45, 7) is 5.76. The molecule has 0 aliphatic rings. The van der Waals surface area contributed by atoms with Gasteiger partial charge in [-0.05, 0) is 66.9 Å². The van der Waals surface area contributed by atoms with Crippen LogP contribution in [0.15, 0.2) is 75.4 Å². The van der Waals surface area contributed by atoms with Crippen LogP contribution in [0, 0.1) is 5.92 Å². The number of sulfone groups is 2.